The van der Waals surface area contributed by atoms with Crippen LogP contribution < -0.4 is 26.4 Å². The topological polar surface area (TPSA) is 3.88 Å². The summed E-state index contributed by atoms with van der Waals surface area (Å²) in [4.78, 5) is 0. The summed E-state index contributed by atoms with van der Waals surface area (Å²) in [5.41, 5.74) is -29.0. The lowest BCUT2D eigenvalue weighted by atomic mass is 9.12. The normalized spacial score (nSPS) is 13.5. The molecule has 1 nitrogen and oxygen atoms in total. The molecule has 0 aliphatic rings. The molecule has 0 bridgehead atoms. The summed E-state index contributed by atoms with van der Waals surface area (Å²) in [7, 11) is 0. The number of nitrogens with zero attached hydrogens (tertiary/aromatic N) is 1. The molecule has 6 aromatic carbocycles. The molecular weight excluding hydrogens is 1080 g/mol. The van der Waals surface area contributed by atoms with E-state index in [1.54, 1.807) is 6.07 Å². The fourth-order valence-corrected chi connectivity index (χ4v) is 8.18. The number of hydrogen-bond donors (Lipinski definition) is 0. The predicted octanol–water partition coefficient (Wildman–Crippen LogP) is 14.5. The van der Waals surface area contributed by atoms with Gasteiger partial charge in [0.15, 0.2) is 18.9 Å². The van der Waals surface area contributed by atoms with Gasteiger partial charge in [-0.3, -0.25) is 0 Å². The molecule has 400 valence electrons. The van der Waals surface area contributed by atoms with E-state index < -0.39 is 195 Å². The van der Waals surface area contributed by atoms with Gasteiger partial charge in [-0.25, -0.2) is 8.96 Å². The lowest BCUT2D eigenvalue weighted by Crippen LogP contribution is -2.75. The summed E-state index contributed by atoms with van der Waals surface area (Å²) in [5.74, 6) is -0.171. The molecule has 0 fully saturated rings. The molecule has 0 N–H and O–H groups in total. The Bertz CT molecular complexity index is 2750. The number of hydrogen-bond acceptors (Lipinski definition) is 0. The third-order valence-corrected chi connectivity index (χ3v) is 11.5. The Morgan fingerprint density at radius 2 is 0.600 bits per heavy atom. The highest BCUT2D eigenvalue weighted by molar-refractivity contribution is 7.20. The van der Waals surface area contributed by atoms with Gasteiger partial charge in [-0.15, -0.1) is 0 Å². The molecule has 1 heterocycles. The maximum absolute atomic E-state index is 14.2. The van der Waals surface area contributed by atoms with Gasteiger partial charge >= 0.3 is 49.4 Å². The molecule has 75 heavy (non-hydrogen) atoms. The van der Waals surface area contributed by atoms with E-state index in [0.717, 1.165) is 11.9 Å². The third kappa shape index (κ3) is 12.9. The van der Waals surface area contributed by atoms with Crippen LogP contribution in [0.15, 0.2) is 140 Å². The fourth-order valence-electron chi connectivity index (χ4n) is 8.18. The SMILES string of the molecule is FC(F)(F)c1cc([B-](c2cc(C(F)(F)F)cc(C(F)(F)F)c2)(c2cc(C(F)(F)F)cc(C(F)(F)F)c2)c2cc(C(F)(F)F)cc(C(F)(F)F)c2)cc(C(F)(F)F)c1.Fc1cccc2cc[n+](Cc3ccccc3)cc12. The predicted molar refractivity (Wildman–Crippen MR) is 220 cm³/mol. The highest BCUT2D eigenvalue weighted by Crippen LogP contribution is 2.41. The minimum absolute atomic E-state index is 0.171. The van der Waals surface area contributed by atoms with Crippen LogP contribution in [-0.4, -0.2) is 6.15 Å². The van der Waals surface area contributed by atoms with E-state index in [-0.39, 0.29) is 5.82 Å². The Morgan fingerprint density at radius 3 is 0.867 bits per heavy atom. The van der Waals surface area contributed by atoms with Crippen molar-refractivity contribution in [2.45, 2.75) is 56.0 Å². The Labute approximate surface area is 404 Å². The maximum Gasteiger partial charge on any atom is 0.416 e. The molecular formula is C48H25BF25N. The molecule has 0 saturated carbocycles. The summed E-state index contributed by atoms with van der Waals surface area (Å²) in [5, 5.41) is 1.59. The van der Waals surface area contributed by atoms with Gasteiger partial charge in [0.05, 0.1) is 49.9 Å². The van der Waals surface area contributed by atoms with Gasteiger partial charge in [-0.2, -0.15) is 127 Å². The standard InChI is InChI=1S/C32H12BF24.C16H13FN/c34-25(35,36)13-1-14(26(37,38)39)6-21(5-13)33(22-7-15(27(40,41)42)2-16(8-22)28(43,44)45,23-9-17(29(46,47)48)3-18(10-23)30(49,50)51)24-11-19(31(52,53)54)4-20(12-24)32(55,56)57;17-16-8-4-7-14-9-10-18(12-15(14)16)11-13-5-2-1-3-6-13/h1-12H;1-10,12H,11H2/q-1;+1. The van der Waals surface area contributed by atoms with Crippen LogP contribution in [0.3, 0.4) is 0 Å². The lowest BCUT2D eigenvalue weighted by Gasteiger charge is -2.46. The number of alkyl halides is 24. The van der Waals surface area contributed by atoms with Gasteiger partial charge in [0.25, 0.3) is 0 Å². The zero-order valence-corrected chi connectivity index (χ0v) is 36.5. The first kappa shape index (κ1) is 57.3. The molecule has 0 spiro atoms. The Morgan fingerprint density at radius 1 is 0.320 bits per heavy atom. The van der Waals surface area contributed by atoms with Gasteiger partial charge in [0, 0.05) is 11.6 Å². The van der Waals surface area contributed by atoms with Gasteiger partial charge in [0.1, 0.15) is 12.0 Å². The lowest BCUT2D eigenvalue weighted by molar-refractivity contribution is -0.687. The van der Waals surface area contributed by atoms with Gasteiger partial charge in [-0.05, 0) is 35.7 Å². The van der Waals surface area contributed by atoms with Crippen molar-refractivity contribution in [2.75, 3.05) is 0 Å². The van der Waals surface area contributed by atoms with Crippen molar-refractivity contribution in [2.24, 2.45) is 0 Å². The summed E-state index contributed by atoms with van der Waals surface area (Å²) in [6.45, 7) is 0.755. The quantitative estimate of drug-likeness (QED) is 0.0888. The summed E-state index contributed by atoms with van der Waals surface area (Å²) >= 11 is 0. The Balaban J connectivity index is 0.000000421. The molecule has 0 aliphatic heterocycles. The second-order valence-electron chi connectivity index (χ2n) is 16.6. The summed E-state index contributed by atoms with van der Waals surface area (Å²) in [6.07, 6.45) is -51.0. The van der Waals surface area contributed by atoms with Crippen LogP contribution in [0.4, 0.5) is 110 Å². The average Bonchev–Trinajstić information content (AvgIpc) is 3.27. The van der Waals surface area contributed by atoms with Crippen LogP contribution in [0, 0.1) is 5.82 Å². The molecule has 0 saturated heterocycles. The molecule has 0 atom stereocenters. The van der Waals surface area contributed by atoms with Gasteiger partial charge < -0.3 is 0 Å². The zero-order chi connectivity index (χ0) is 56.3. The van der Waals surface area contributed by atoms with Crippen LogP contribution in [-0.2, 0) is 56.0 Å². The van der Waals surface area contributed by atoms with Crippen molar-refractivity contribution in [1.29, 1.82) is 0 Å². The fraction of sp³-hybridized carbons (Fsp3) is 0.188. The smallest absolute Gasteiger partial charge is 0.206 e. The monoisotopic (exact) mass is 1100 g/mol. The molecule has 1 aromatic heterocycles. The molecule has 27 heteroatoms. The maximum atomic E-state index is 14.2. The first-order valence-corrected chi connectivity index (χ1v) is 20.6. The van der Waals surface area contributed by atoms with E-state index in [2.05, 4.69) is 12.1 Å². The second-order valence-corrected chi connectivity index (χ2v) is 16.6. The number of benzene rings is 6. The van der Waals surface area contributed by atoms with Crippen molar-refractivity contribution in [3.8, 4) is 0 Å². The summed E-state index contributed by atoms with van der Waals surface area (Å²) < 4.78 is 357. The average molecular weight is 1100 g/mol. The summed E-state index contributed by atoms with van der Waals surface area (Å²) in [6, 6.07) is 8.44. The van der Waals surface area contributed by atoms with Crippen molar-refractivity contribution in [3.05, 3.63) is 196 Å². The molecule has 7 rings (SSSR count). The van der Waals surface area contributed by atoms with Crippen molar-refractivity contribution >= 4 is 38.8 Å². The van der Waals surface area contributed by atoms with E-state index in [9.17, 15) is 110 Å². The highest BCUT2D eigenvalue weighted by Gasteiger charge is 2.47. The van der Waals surface area contributed by atoms with Crippen LogP contribution >= 0.6 is 0 Å². The second kappa shape index (κ2) is 19.6. The molecule has 0 radical (unpaired) electrons. The number of pyridine rings is 1. The first-order chi connectivity index (χ1) is 34.1. The Kier molecular flexibility index (Phi) is 15.0. The molecule has 7 aromatic rings. The minimum atomic E-state index is -6.13. The third-order valence-electron chi connectivity index (χ3n) is 11.5. The van der Waals surface area contributed by atoms with Gasteiger partial charge in [-0.1, -0.05) is 91.0 Å². The van der Waals surface area contributed by atoms with E-state index in [4.69, 9.17) is 0 Å². The van der Waals surface area contributed by atoms with E-state index in [1.807, 2.05) is 47.3 Å². The van der Waals surface area contributed by atoms with E-state index in [1.165, 1.54) is 11.6 Å². The first-order valence-electron chi connectivity index (χ1n) is 20.6. The highest BCUT2D eigenvalue weighted by atomic mass is 19.4. The van der Waals surface area contributed by atoms with E-state index in [0.29, 0.717) is 5.39 Å². The number of aromatic nitrogens is 1. The number of fused-ring (bicyclic) bond motifs is 1. The Hall–Kier alpha value is -6.96. The van der Waals surface area contributed by atoms with Crippen LogP contribution in [0.25, 0.3) is 10.8 Å². The van der Waals surface area contributed by atoms with Gasteiger partial charge in [0.2, 0.25) is 0 Å². The van der Waals surface area contributed by atoms with Crippen LogP contribution in [0.2, 0.25) is 0 Å². The number of rotatable bonds is 6. The van der Waals surface area contributed by atoms with Crippen molar-refractivity contribution in [1.82, 2.24) is 0 Å². The van der Waals surface area contributed by atoms with Crippen LogP contribution in [0.1, 0.15) is 50.1 Å². The van der Waals surface area contributed by atoms with E-state index >= 15 is 0 Å². The van der Waals surface area contributed by atoms with Crippen LogP contribution in [0.5, 0.6) is 0 Å². The molecule has 0 unspecified atom stereocenters. The van der Waals surface area contributed by atoms with Crippen molar-refractivity contribution in [3.63, 3.8) is 0 Å². The molecule has 0 aliphatic carbocycles. The minimum Gasteiger partial charge on any atom is -0.206 e. The van der Waals surface area contributed by atoms with Crippen molar-refractivity contribution < 1.29 is 114 Å². The largest absolute Gasteiger partial charge is 0.416 e. The molecule has 0 amide bonds. The number of halogens is 25. The zero-order valence-electron chi connectivity index (χ0n) is 36.5.